The molecule has 0 amide bonds. The van der Waals surface area contributed by atoms with Crippen LogP contribution >= 0.6 is 11.3 Å². The molecule has 0 saturated heterocycles. The fraction of sp³-hybridized carbons (Fsp3) is 0.167. The number of para-hydroxylation sites is 1. The van der Waals surface area contributed by atoms with E-state index in [0.717, 1.165) is 11.3 Å². The Morgan fingerprint density at radius 3 is 2.21 bits per heavy atom. The number of rotatable bonds is 11. The van der Waals surface area contributed by atoms with Gasteiger partial charge in [0.1, 0.15) is 5.75 Å². The highest BCUT2D eigenvalue weighted by Gasteiger charge is 2.26. The van der Waals surface area contributed by atoms with Gasteiger partial charge in [0.15, 0.2) is 10.5 Å². The average Bonchev–Trinajstić information content (AvgIpc) is 3.23. The van der Waals surface area contributed by atoms with E-state index in [2.05, 4.69) is 15.0 Å². The van der Waals surface area contributed by atoms with Crippen molar-refractivity contribution in [1.82, 2.24) is 4.98 Å². The first-order valence-electron chi connectivity index (χ1n) is 9.17. The molecule has 3 aromatic rings. The lowest BCUT2D eigenvalue weighted by Crippen LogP contribution is -2.32. The molecule has 11 nitrogen and oxygen atoms in total. The number of nitrogens with one attached hydrogen (secondary N) is 2. The van der Waals surface area contributed by atoms with E-state index < -0.39 is 47.8 Å². The van der Waals surface area contributed by atoms with Gasteiger partial charge < -0.3 is 9.50 Å². The Hall–Kier alpha value is -2.72. The zero-order valence-corrected chi connectivity index (χ0v) is 20.0. The third-order valence-corrected chi connectivity index (χ3v) is 8.53. The number of sulfonamides is 1. The quantitative estimate of drug-likeness (QED) is 0.246. The zero-order valence-electron chi connectivity index (χ0n) is 16.7. The van der Waals surface area contributed by atoms with Crippen molar-refractivity contribution in [1.29, 1.82) is 0 Å². The van der Waals surface area contributed by atoms with Gasteiger partial charge in [0.05, 0.1) is 10.6 Å². The Morgan fingerprint density at radius 2 is 1.64 bits per heavy atom. The zero-order chi connectivity index (χ0) is 24.1. The van der Waals surface area contributed by atoms with E-state index in [1.54, 1.807) is 23.6 Å². The van der Waals surface area contributed by atoms with E-state index in [1.165, 1.54) is 42.6 Å². The monoisotopic (exact) mass is 533 g/mol. The number of anilines is 2. The second-order valence-electron chi connectivity index (χ2n) is 6.56. The fourth-order valence-electron chi connectivity index (χ4n) is 2.58. The van der Waals surface area contributed by atoms with Gasteiger partial charge in [0.2, 0.25) is 0 Å². The summed E-state index contributed by atoms with van der Waals surface area (Å²) in [7, 11) is -12.8. The first-order valence-corrected chi connectivity index (χ1v) is 14.6. The van der Waals surface area contributed by atoms with Gasteiger partial charge in [0.25, 0.3) is 20.1 Å². The van der Waals surface area contributed by atoms with Crippen LogP contribution in [-0.4, -0.2) is 45.9 Å². The third-order valence-electron chi connectivity index (χ3n) is 4.10. The maximum Gasteiger partial charge on any atom is 0.309 e. The van der Waals surface area contributed by atoms with E-state index in [4.69, 9.17) is 4.18 Å². The minimum atomic E-state index is -4.70. The van der Waals surface area contributed by atoms with Gasteiger partial charge in [-0.15, -0.1) is 11.3 Å². The number of thiazole rings is 1. The SMILES string of the molecule is O=S(=O)(CCC(Nc1ccc(S(=O)(=O)Nc2nccs2)cc1)S(=O)(=O)O)Oc1ccccc1. The molecule has 3 N–H and O–H groups in total. The molecule has 0 aliphatic heterocycles. The smallest absolute Gasteiger partial charge is 0.309 e. The van der Waals surface area contributed by atoms with Crippen LogP contribution < -0.4 is 14.2 Å². The summed E-state index contributed by atoms with van der Waals surface area (Å²) < 4.78 is 89.3. The molecule has 0 aliphatic rings. The molecule has 0 fully saturated rings. The van der Waals surface area contributed by atoms with E-state index in [0.29, 0.717) is 0 Å². The summed E-state index contributed by atoms with van der Waals surface area (Å²) in [6.07, 6.45) is 0.912. The van der Waals surface area contributed by atoms with Crippen LogP contribution in [0.4, 0.5) is 10.8 Å². The second kappa shape index (κ2) is 10.0. The highest BCUT2D eigenvalue weighted by molar-refractivity contribution is 7.93. The maximum absolute atomic E-state index is 12.4. The second-order valence-corrected chi connectivity index (χ2v) is 12.4. The van der Waals surface area contributed by atoms with Crippen molar-refractivity contribution >= 4 is 52.4 Å². The van der Waals surface area contributed by atoms with Gasteiger partial charge in [-0.1, -0.05) is 18.2 Å². The van der Waals surface area contributed by atoms with Crippen molar-refractivity contribution < 1.29 is 34.0 Å². The number of hydrogen-bond acceptors (Lipinski definition) is 10. The van der Waals surface area contributed by atoms with Crippen molar-refractivity contribution in [3.8, 4) is 5.75 Å². The van der Waals surface area contributed by atoms with Crippen molar-refractivity contribution in [2.24, 2.45) is 0 Å². The average molecular weight is 534 g/mol. The van der Waals surface area contributed by atoms with Gasteiger partial charge in [-0.25, -0.2) is 13.4 Å². The number of hydrogen-bond donors (Lipinski definition) is 3. The standard InChI is InChI=1S/C18H19N3O8S4/c22-31(23,29-15-4-2-1-3-5-15)13-10-17(33(26,27)28)20-14-6-8-16(9-7-14)32(24,25)21-18-19-11-12-30-18/h1-9,11-12,17,20H,10,13H2,(H,19,21)(H,26,27,28). The van der Waals surface area contributed by atoms with Crippen LogP contribution in [-0.2, 0) is 30.3 Å². The molecule has 3 rings (SSSR count). The predicted molar refractivity (Wildman–Crippen MR) is 124 cm³/mol. The summed E-state index contributed by atoms with van der Waals surface area (Å²) in [6, 6.07) is 12.7. The van der Waals surface area contributed by atoms with Crippen LogP contribution in [0.3, 0.4) is 0 Å². The molecule has 1 atom stereocenters. The van der Waals surface area contributed by atoms with Gasteiger partial charge >= 0.3 is 10.1 Å². The Bertz CT molecular complexity index is 1370. The first kappa shape index (κ1) is 24.9. The van der Waals surface area contributed by atoms with Gasteiger partial charge in [0, 0.05) is 23.7 Å². The van der Waals surface area contributed by atoms with E-state index in [-0.39, 0.29) is 21.5 Å². The van der Waals surface area contributed by atoms with Crippen LogP contribution in [0.15, 0.2) is 71.1 Å². The molecule has 0 bridgehead atoms. The van der Waals surface area contributed by atoms with E-state index >= 15 is 0 Å². The molecule has 1 aromatic heterocycles. The fourth-order valence-corrected chi connectivity index (χ4v) is 6.23. The molecule has 15 heteroatoms. The summed E-state index contributed by atoms with van der Waals surface area (Å²) in [4.78, 5) is 3.73. The molecule has 0 radical (unpaired) electrons. The van der Waals surface area contributed by atoms with Gasteiger partial charge in [-0.05, 0) is 36.4 Å². The Morgan fingerprint density at radius 1 is 0.970 bits per heavy atom. The summed E-state index contributed by atoms with van der Waals surface area (Å²) in [6.45, 7) is 0. The molecular formula is C18H19N3O8S4. The van der Waals surface area contributed by atoms with Crippen molar-refractivity contribution in [2.75, 3.05) is 15.8 Å². The molecule has 0 saturated carbocycles. The van der Waals surface area contributed by atoms with Crippen LogP contribution in [0.2, 0.25) is 0 Å². The lowest BCUT2D eigenvalue weighted by Gasteiger charge is -2.17. The lowest BCUT2D eigenvalue weighted by atomic mass is 10.3. The number of nitrogens with zero attached hydrogens (tertiary/aromatic N) is 1. The van der Waals surface area contributed by atoms with E-state index in [9.17, 15) is 29.8 Å². The highest BCUT2D eigenvalue weighted by atomic mass is 32.2. The Balaban J connectivity index is 1.68. The predicted octanol–water partition coefficient (Wildman–Crippen LogP) is 2.37. The minimum absolute atomic E-state index is 0.0667. The summed E-state index contributed by atoms with van der Waals surface area (Å²) >= 11 is 1.10. The summed E-state index contributed by atoms with van der Waals surface area (Å²) in [5.74, 6) is -0.638. The number of aromatic nitrogens is 1. The van der Waals surface area contributed by atoms with Crippen LogP contribution in [0.5, 0.6) is 5.75 Å². The van der Waals surface area contributed by atoms with Gasteiger partial charge in [-0.2, -0.15) is 16.8 Å². The molecule has 33 heavy (non-hydrogen) atoms. The van der Waals surface area contributed by atoms with Crippen molar-refractivity contribution in [3.63, 3.8) is 0 Å². The van der Waals surface area contributed by atoms with Crippen LogP contribution in [0.1, 0.15) is 6.42 Å². The number of benzene rings is 2. The highest BCUT2D eigenvalue weighted by Crippen LogP contribution is 2.21. The molecular weight excluding hydrogens is 514 g/mol. The van der Waals surface area contributed by atoms with Crippen molar-refractivity contribution in [3.05, 3.63) is 66.2 Å². The molecule has 2 aromatic carbocycles. The molecule has 0 spiro atoms. The summed E-state index contributed by atoms with van der Waals surface area (Å²) in [5, 5.41) is 2.60. The minimum Gasteiger partial charge on any atom is -0.382 e. The van der Waals surface area contributed by atoms with Crippen molar-refractivity contribution in [2.45, 2.75) is 16.7 Å². The Kier molecular flexibility index (Phi) is 7.58. The Labute approximate surface area is 195 Å². The molecule has 178 valence electrons. The molecule has 1 heterocycles. The largest absolute Gasteiger partial charge is 0.382 e. The summed E-state index contributed by atoms with van der Waals surface area (Å²) in [5.41, 5.74) is 0.146. The lowest BCUT2D eigenvalue weighted by molar-refractivity contribution is 0.466. The first-order chi connectivity index (χ1) is 15.4. The normalized spacial score (nSPS) is 13.2. The molecule has 0 aliphatic carbocycles. The van der Waals surface area contributed by atoms with E-state index in [1.807, 2.05) is 0 Å². The topological polar surface area (TPSA) is 169 Å². The maximum atomic E-state index is 12.4. The third kappa shape index (κ3) is 7.40. The van der Waals surface area contributed by atoms with Gasteiger partial charge in [-0.3, -0.25) is 9.27 Å². The van der Waals surface area contributed by atoms with Crippen LogP contribution in [0, 0.1) is 0 Å². The molecule has 1 unspecified atom stereocenters. The van der Waals surface area contributed by atoms with Crippen LogP contribution in [0.25, 0.3) is 0 Å².